The van der Waals surface area contributed by atoms with E-state index in [-0.39, 0.29) is 22.3 Å². The van der Waals surface area contributed by atoms with E-state index in [0.717, 1.165) is 10.1 Å². The molecule has 0 bridgehead atoms. The third-order valence-electron chi connectivity index (χ3n) is 5.93. The summed E-state index contributed by atoms with van der Waals surface area (Å²) in [5.74, 6) is 0.232. The van der Waals surface area contributed by atoms with Crippen molar-refractivity contribution in [2.24, 2.45) is 5.10 Å². The maximum absolute atomic E-state index is 13.5. The molecule has 0 spiro atoms. The van der Waals surface area contributed by atoms with Gasteiger partial charge in [0.05, 0.1) is 41.7 Å². The number of hydrogen-bond acceptors (Lipinski definition) is 8. The van der Waals surface area contributed by atoms with Crippen molar-refractivity contribution in [3.63, 3.8) is 0 Å². The monoisotopic (exact) mass is 547 g/mol. The van der Waals surface area contributed by atoms with E-state index in [1.807, 2.05) is 6.07 Å². The van der Waals surface area contributed by atoms with Crippen molar-refractivity contribution in [2.45, 2.75) is 13.0 Å². The number of para-hydroxylation sites is 1. The number of rotatable bonds is 8. The molecular weight excluding hydrogens is 526 g/mol. The standard InChI is InChI=1S/C28H22ClN3O7/c1-15(28(34)35)38-25-19(29)11-16(12-23(25)37-3)14-30-32-26(31-20-8-5-4-7-17(20)27(32)33)24-13-18-21(36-2)9-6-10-22(18)39-24/h4-15H,1-3H3,(H,34,35)/t15-/m0/s1. The van der Waals surface area contributed by atoms with E-state index in [1.165, 1.54) is 26.3 Å². The largest absolute Gasteiger partial charge is 0.496 e. The molecule has 2 aromatic heterocycles. The maximum atomic E-state index is 13.5. The van der Waals surface area contributed by atoms with E-state index in [4.69, 9.17) is 30.2 Å². The molecule has 10 nitrogen and oxygen atoms in total. The predicted octanol–water partition coefficient (Wildman–Crippen LogP) is 5.21. The lowest BCUT2D eigenvalue weighted by Gasteiger charge is -2.15. The average molecular weight is 548 g/mol. The highest BCUT2D eigenvalue weighted by Gasteiger charge is 2.20. The molecule has 0 aliphatic carbocycles. The van der Waals surface area contributed by atoms with E-state index < -0.39 is 17.6 Å². The number of aromatic nitrogens is 2. The minimum Gasteiger partial charge on any atom is -0.496 e. The van der Waals surface area contributed by atoms with Gasteiger partial charge in [0, 0.05) is 0 Å². The number of carboxylic acid groups (broad SMARTS) is 1. The zero-order valence-corrected chi connectivity index (χ0v) is 21.8. The summed E-state index contributed by atoms with van der Waals surface area (Å²) in [7, 11) is 2.96. The highest BCUT2D eigenvalue weighted by Crippen LogP contribution is 2.37. The van der Waals surface area contributed by atoms with Crippen LogP contribution in [0.4, 0.5) is 0 Å². The topological polar surface area (TPSA) is 125 Å². The lowest BCUT2D eigenvalue weighted by atomic mass is 10.2. The van der Waals surface area contributed by atoms with Gasteiger partial charge < -0.3 is 23.7 Å². The SMILES string of the molecule is COc1cc(C=Nn2c(-c3cc4c(OC)cccc4o3)nc3ccccc3c2=O)cc(Cl)c1O[C@@H](C)C(=O)O. The Balaban J connectivity index is 1.64. The molecule has 2 heterocycles. The molecule has 3 aromatic carbocycles. The van der Waals surface area contributed by atoms with Crippen molar-refractivity contribution in [3.8, 4) is 28.8 Å². The summed E-state index contributed by atoms with van der Waals surface area (Å²) < 4.78 is 23.4. The number of fused-ring (bicyclic) bond motifs is 2. The highest BCUT2D eigenvalue weighted by molar-refractivity contribution is 6.32. The van der Waals surface area contributed by atoms with Gasteiger partial charge in [-0.05, 0) is 55.0 Å². The van der Waals surface area contributed by atoms with Gasteiger partial charge in [0.25, 0.3) is 5.56 Å². The Morgan fingerprint density at radius 3 is 2.59 bits per heavy atom. The van der Waals surface area contributed by atoms with E-state index in [2.05, 4.69) is 10.1 Å². The van der Waals surface area contributed by atoms with Gasteiger partial charge in [0.2, 0.25) is 5.82 Å². The molecule has 198 valence electrons. The Bertz CT molecular complexity index is 1810. The third kappa shape index (κ3) is 4.89. The number of halogens is 1. The van der Waals surface area contributed by atoms with Gasteiger partial charge in [-0.15, -0.1) is 0 Å². The molecule has 39 heavy (non-hydrogen) atoms. The Labute approximate surface area is 226 Å². The van der Waals surface area contributed by atoms with Crippen LogP contribution in [0.1, 0.15) is 12.5 Å². The second kappa shape index (κ2) is 10.5. The van der Waals surface area contributed by atoms with Crippen LogP contribution < -0.4 is 19.8 Å². The first kappa shape index (κ1) is 25.8. The Hall–Kier alpha value is -4.83. The average Bonchev–Trinajstić information content (AvgIpc) is 3.38. The first-order valence-electron chi connectivity index (χ1n) is 11.7. The van der Waals surface area contributed by atoms with Crippen LogP contribution in [0.15, 0.2) is 75.0 Å². The Kier molecular flexibility index (Phi) is 6.95. The van der Waals surface area contributed by atoms with Crippen molar-refractivity contribution in [2.75, 3.05) is 14.2 Å². The van der Waals surface area contributed by atoms with Crippen molar-refractivity contribution in [1.29, 1.82) is 0 Å². The number of carboxylic acids is 1. The summed E-state index contributed by atoms with van der Waals surface area (Å²) in [6.45, 7) is 1.38. The zero-order chi connectivity index (χ0) is 27.7. The molecule has 5 aromatic rings. The Morgan fingerprint density at radius 2 is 1.85 bits per heavy atom. The van der Waals surface area contributed by atoms with E-state index in [1.54, 1.807) is 55.6 Å². The molecule has 0 fully saturated rings. The Morgan fingerprint density at radius 1 is 1.08 bits per heavy atom. The van der Waals surface area contributed by atoms with Crippen LogP contribution in [0.3, 0.4) is 0 Å². The fourth-order valence-corrected chi connectivity index (χ4v) is 4.26. The summed E-state index contributed by atoms with van der Waals surface area (Å²) in [5, 5.41) is 14.8. The van der Waals surface area contributed by atoms with Crippen molar-refractivity contribution in [1.82, 2.24) is 9.66 Å². The number of ether oxygens (including phenoxy) is 3. The molecule has 0 aliphatic rings. The van der Waals surface area contributed by atoms with Crippen LogP contribution in [0.5, 0.6) is 17.2 Å². The second-order valence-electron chi connectivity index (χ2n) is 8.43. The van der Waals surface area contributed by atoms with Gasteiger partial charge in [-0.2, -0.15) is 9.78 Å². The molecular formula is C28H22ClN3O7. The summed E-state index contributed by atoms with van der Waals surface area (Å²) in [6.07, 6.45) is 0.256. The quantitative estimate of drug-likeness (QED) is 0.262. The molecule has 11 heteroatoms. The third-order valence-corrected chi connectivity index (χ3v) is 6.21. The van der Waals surface area contributed by atoms with Gasteiger partial charge in [-0.1, -0.05) is 29.8 Å². The number of methoxy groups -OCH3 is 2. The summed E-state index contributed by atoms with van der Waals surface area (Å²) >= 11 is 6.39. The van der Waals surface area contributed by atoms with Crippen LogP contribution >= 0.6 is 11.6 Å². The fraction of sp³-hybridized carbons (Fsp3) is 0.143. The summed E-state index contributed by atoms with van der Waals surface area (Å²) in [5.41, 5.74) is 1.09. The van der Waals surface area contributed by atoms with E-state index >= 15 is 0 Å². The van der Waals surface area contributed by atoms with Crippen LogP contribution in [0.25, 0.3) is 33.5 Å². The van der Waals surface area contributed by atoms with Gasteiger partial charge in [0.1, 0.15) is 11.3 Å². The van der Waals surface area contributed by atoms with Crippen molar-refractivity contribution in [3.05, 3.63) is 81.6 Å². The molecule has 0 aliphatic heterocycles. The first-order chi connectivity index (χ1) is 18.8. The number of carbonyl (C=O) groups is 1. The van der Waals surface area contributed by atoms with Gasteiger partial charge >= 0.3 is 5.97 Å². The van der Waals surface area contributed by atoms with Crippen LogP contribution in [0.2, 0.25) is 5.02 Å². The van der Waals surface area contributed by atoms with Gasteiger partial charge in [0.15, 0.2) is 23.4 Å². The lowest BCUT2D eigenvalue weighted by molar-refractivity contribution is -0.144. The smallest absolute Gasteiger partial charge is 0.344 e. The van der Waals surface area contributed by atoms with E-state index in [0.29, 0.717) is 33.6 Å². The van der Waals surface area contributed by atoms with Crippen molar-refractivity contribution >= 4 is 45.7 Å². The van der Waals surface area contributed by atoms with E-state index in [9.17, 15) is 14.7 Å². The number of hydrogen-bond donors (Lipinski definition) is 1. The first-order valence-corrected chi connectivity index (χ1v) is 12.1. The predicted molar refractivity (Wildman–Crippen MR) is 146 cm³/mol. The van der Waals surface area contributed by atoms with Crippen LogP contribution in [-0.4, -0.2) is 47.3 Å². The molecule has 5 rings (SSSR count). The lowest BCUT2D eigenvalue weighted by Crippen LogP contribution is -2.23. The maximum Gasteiger partial charge on any atom is 0.344 e. The van der Waals surface area contributed by atoms with Crippen molar-refractivity contribution < 1.29 is 28.5 Å². The molecule has 0 unspecified atom stereocenters. The number of furan rings is 1. The molecule has 0 saturated carbocycles. The van der Waals surface area contributed by atoms with Crippen LogP contribution in [-0.2, 0) is 4.79 Å². The molecule has 0 amide bonds. The minimum absolute atomic E-state index is 0.0765. The number of benzene rings is 3. The minimum atomic E-state index is -1.15. The highest BCUT2D eigenvalue weighted by atomic mass is 35.5. The summed E-state index contributed by atoms with van der Waals surface area (Å²) in [6, 6.07) is 17.1. The normalized spacial score (nSPS) is 12.2. The van der Waals surface area contributed by atoms with Crippen LogP contribution in [0, 0.1) is 0 Å². The van der Waals surface area contributed by atoms with Gasteiger partial charge in [-0.25, -0.2) is 9.78 Å². The molecule has 1 atom stereocenters. The molecule has 0 saturated heterocycles. The van der Waals surface area contributed by atoms with Gasteiger partial charge in [-0.3, -0.25) is 4.79 Å². The zero-order valence-electron chi connectivity index (χ0n) is 21.0. The fourth-order valence-electron chi connectivity index (χ4n) is 3.99. The second-order valence-corrected chi connectivity index (χ2v) is 8.84. The molecule has 0 radical (unpaired) electrons. The number of nitrogens with zero attached hydrogens (tertiary/aromatic N) is 3. The molecule has 1 N–H and O–H groups in total. The summed E-state index contributed by atoms with van der Waals surface area (Å²) in [4.78, 5) is 29.4. The number of aliphatic carboxylic acids is 1.